The van der Waals surface area contributed by atoms with Gasteiger partial charge < -0.3 is 20.6 Å². The van der Waals surface area contributed by atoms with Crippen molar-refractivity contribution < 1.29 is 9.90 Å². The molecule has 1 fully saturated rings. The number of hydrogen-bond donors (Lipinski definition) is 3. The van der Waals surface area contributed by atoms with Crippen LogP contribution in [0.3, 0.4) is 0 Å². The Morgan fingerprint density at radius 3 is 2.06 bits per heavy atom. The number of rotatable bonds is 6. The van der Waals surface area contributed by atoms with Crippen LogP contribution in [-0.2, 0) is 23.7 Å². The number of hydrogen-bond acceptors (Lipinski definition) is 3. The molecule has 0 radical (unpaired) electrons. The van der Waals surface area contributed by atoms with E-state index in [2.05, 4.69) is 89.1 Å². The molecule has 1 heterocycles. The maximum atomic E-state index is 12.8. The fraction of sp³-hybridized carbons (Fsp3) is 0.581. The zero-order valence-corrected chi connectivity index (χ0v) is 23.7. The van der Waals surface area contributed by atoms with Gasteiger partial charge in [0, 0.05) is 30.9 Å². The van der Waals surface area contributed by atoms with Crippen molar-refractivity contribution in [1.82, 2.24) is 10.2 Å². The maximum Gasteiger partial charge on any atom is 0.319 e. The Morgan fingerprint density at radius 1 is 0.972 bits per heavy atom. The van der Waals surface area contributed by atoms with Gasteiger partial charge in [0.1, 0.15) is 5.75 Å². The number of piperidine rings is 1. The molecular weight excluding hydrogens is 446 g/mol. The molecule has 1 aliphatic heterocycles. The smallest absolute Gasteiger partial charge is 0.319 e. The van der Waals surface area contributed by atoms with Crippen molar-refractivity contribution in [1.29, 1.82) is 0 Å². The molecule has 0 spiro atoms. The summed E-state index contributed by atoms with van der Waals surface area (Å²) in [5.41, 5.74) is 4.86. The van der Waals surface area contributed by atoms with Crippen LogP contribution in [0.4, 0.5) is 10.5 Å². The van der Waals surface area contributed by atoms with E-state index < -0.39 is 0 Å². The van der Waals surface area contributed by atoms with Crippen molar-refractivity contribution in [2.24, 2.45) is 0 Å². The molecule has 2 amide bonds. The first-order valence-electron chi connectivity index (χ1n) is 13.5. The molecule has 198 valence electrons. The Kier molecular flexibility index (Phi) is 8.76. The number of likely N-dealkylation sites (tertiary alicyclic amines) is 1. The molecule has 1 saturated heterocycles. The molecule has 5 nitrogen and oxygen atoms in total. The van der Waals surface area contributed by atoms with Crippen molar-refractivity contribution in [2.45, 2.75) is 104 Å². The number of amides is 2. The standard InChI is InChI=1S/C31H47N3O2/c1-21(2)34-17-15-24(16-18-34)32-29(36)33-27-12-10-9-11-23(27)14-13-22-19-25(30(3,4)5)28(35)26(20-22)31(6,7)8/h9-12,19-21,24,35H,13-18H2,1-8H3,(H2,32,33,36). The van der Waals surface area contributed by atoms with E-state index in [1.807, 2.05) is 18.2 Å². The molecule has 3 rings (SSSR count). The van der Waals surface area contributed by atoms with Crippen LogP contribution < -0.4 is 10.6 Å². The summed E-state index contributed by atoms with van der Waals surface area (Å²) in [5, 5.41) is 17.3. The molecule has 0 unspecified atom stereocenters. The fourth-order valence-electron chi connectivity index (χ4n) is 5.03. The van der Waals surface area contributed by atoms with Gasteiger partial charge in [-0.05, 0) is 78.7 Å². The van der Waals surface area contributed by atoms with E-state index >= 15 is 0 Å². The Bertz CT molecular complexity index is 1000. The number of nitrogens with zero attached hydrogens (tertiary/aromatic N) is 1. The first-order valence-corrected chi connectivity index (χ1v) is 13.5. The van der Waals surface area contributed by atoms with Crippen molar-refractivity contribution in [3.8, 4) is 5.75 Å². The average Bonchev–Trinajstić information content (AvgIpc) is 2.78. The Labute approximate surface area is 218 Å². The molecule has 3 N–H and O–H groups in total. The molecular formula is C31H47N3O2. The molecule has 0 saturated carbocycles. The highest BCUT2D eigenvalue weighted by atomic mass is 16.3. The first kappa shape index (κ1) is 28.0. The van der Waals surface area contributed by atoms with Crippen LogP contribution in [0.25, 0.3) is 0 Å². The predicted octanol–water partition coefficient (Wildman–Crippen LogP) is 6.77. The summed E-state index contributed by atoms with van der Waals surface area (Å²) in [6, 6.07) is 13.0. The van der Waals surface area contributed by atoms with Gasteiger partial charge in [0.15, 0.2) is 0 Å². The molecule has 36 heavy (non-hydrogen) atoms. The lowest BCUT2D eigenvalue weighted by Crippen LogP contribution is -2.47. The van der Waals surface area contributed by atoms with Crippen LogP contribution in [0.1, 0.15) is 90.5 Å². The lowest BCUT2D eigenvalue weighted by molar-refractivity contribution is 0.163. The van der Waals surface area contributed by atoms with Gasteiger partial charge in [-0.1, -0.05) is 71.9 Å². The second-order valence-electron chi connectivity index (χ2n) is 12.7. The topological polar surface area (TPSA) is 64.6 Å². The summed E-state index contributed by atoms with van der Waals surface area (Å²) in [5.74, 6) is 0.414. The minimum Gasteiger partial charge on any atom is -0.507 e. The molecule has 0 aliphatic carbocycles. The molecule has 0 atom stereocenters. The zero-order chi connectivity index (χ0) is 26.7. The predicted molar refractivity (Wildman–Crippen MR) is 151 cm³/mol. The number of phenolic OH excluding ortho intramolecular Hbond substituents is 1. The summed E-state index contributed by atoms with van der Waals surface area (Å²) >= 11 is 0. The van der Waals surface area contributed by atoms with Gasteiger partial charge in [-0.15, -0.1) is 0 Å². The Morgan fingerprint density at radius 2 is 1.53 bits per heavy atom. The van der Waals surface area contributed by atoms with Gasteiger partial charge in [0.2, 0.25) is 0 Å². The van der Waals surface area contributed by atoms with Gasteiger partial charge in [0.25, 0.3) is 0 Å². The summed E-state index contributed by atoms with van der Waals surface area (Å²) in [4.78, 5) is 15.3. The summed E-state index contributed by atoms with van der Waals surface area (Å²) in [6.07, 6.45) is 3.61. The highest BCUT2D eigenvalue weighted by Gasteiger charge is 2.27. The number of benzene rings is 2. The van der Waals surface area contributed by atoms with Crippen LogP contribution >= 0.6 is 0 Å². The van der Waals surface area contributed by atoms with Crippen LogP contribution in [0.15, 0.2) is 36.4 Å². The number of aryl methyl sites for hydroxylation is 2. The van der Waals surface area contributed by atoms with Crippen molar-refractivity contribution in [3.05, 3.63) is 58.7 Å². The van der Waals surface area contributed by atoms with Gasteiger partial charge in [-0.2, -0.15) is 0 Å². The zero-order valence-electron chi connectivity index (χ0n) is 23.7. The van der Waals surface area contributed by atoms with E-state index in [1.165, 1.54) is 5.56 Å². The molecule has 2 aromatic rings. The van der Waals surface area contributed by atoms with Gasteiger partial charge >= 0.3 is 6.03 Å². The van der Waals surface area contributed by atoms with E-state index in [9.17, 15) is 9.90 Å². The number of nitrogens with one attached hydrogen (secondary N) is 2. The largest absolute Gasteiger partial charge is 0.507 e. The maximum absolute atomic E-state index is 12.8. The van der Waals surface area contributed by atoms with Crippen molar-refractivity contribution in [3.63, 3.8) is 0 Å². The van der Waals surface area contributed by atoms with Crippen molar-refractivity contribution >= 4 is 11.7 Å². The van der Waals surface area contributed by atoms with E-state index in [-0.39, 0.29) is 22.9 Å². The first-order chi connectivity index (χ1) is 16.8. The highest BCUT2D eigenvalue weighted by Crippen LogP contribution is 2.40. The molecule has 0 bridgehead atoms. The minimum absolute atomic E-state index is 0.125. The SMILES string of the molecule is CC(C)N1CCC(NC(=O)Nc2ccccc2CCc2cc(C(C)(C)C)c(O)c(C(C)(C)C)c2)CC1. The van der Waals surface area contributed by atoms with Gasteiger partial charge in [-0.3, -0.25) is 0 Å². The quantitative estimate of drug-likeness (QED) is 0.416. The third-order valence-electron chi connectivity index (χ3n) is 7.33. The summed E-state index contributed by atoms with van der Waals surface area (Å²) in [7, 11) is 0. The number of phenols is 1. The Balaban J connectivity index is 1.70. The number of anilines is 1. The van der Waals surface area contributed by atoms with Crippen LogP contribution in [0.5, 0.6) is 5.75 Å². The van der Waals surface area contributed by atoms with E-state index in [0.29, 0.717) is 11.8 Å². The second-order valence-corrected chi connectivity index (χ2v) is 12.7. The molecule has 1 aliphatic rings. The summed E-state index contributed by atoms with van der Waals surface area (Å²) < 4.78 is 0. The normalized spacial score (nSPS) is 15.8. The Hall–Kier alpha value is -2.53. The lowest BCUT2D eigenvalue weighted by atomic mass is 9.78. The number of para-hydroxylation sites is 1. The fourth-order valence-corrected chi connectivity index (χ4v) is 5.03. The number of aromatic hydroxyl groups is 1. The van der Waals surface area contributed by atoms with E-state index in [1.54, 1.807) is 0 Å². The number of urea groups is 1. The van der Waals surface area contributed by atoms with Gasteiger partial charge in [-0.25, -0.2) is 4.79 Å². The van der Waals surface area contributed by atoms with E-state index in [0.717, 1.165) is 61.2 Å². The van der Waals surface area contributed by atoms with Crippen molar-refractivity contribution in [2.75, 3.05) is 18.4 Å². The highest BCUT2D eigenvalue weighted by molar-refractivity contribution is 5.90. The molecule has 2 aromatic carbocycles. The second kappa shape index (κ2) is 11.2. The molecule has 0 aromatic heterocycles. The third kappa shape index (κ3) is 7.25. The van der Waals surface area contributed by atoms with Crippen LogP contribution in [-0.4, -0.2) is 41.2 Å². The molecule has 5 heteroatoms. The minimum atomic E-state index is -0.150. The van der Waals surface area contributed by atoms with Crippen LogP contribution in [0, 0.1) is 0 Å². The number of carbonyl (C=O) groups is 1. The summed E-state index contributed by atoms with van der Waals surface area (Å²) in [6.45, 7) is 19.4. The monoisotopic (exact) mass is 493 g/mol. The number of carbonyl (C=O) groups excluding carboxylic acids is 1. The average molecular weight is 494 g/mol. The lowest BCUT2D eigenvalue weighted by Gasteiger charge is -2.34. The van der Waals surface area contributed by atoms with Gasteiger partial charge in [0.05, 0.1) is 0 Å². The van der Waals surface area contributed by atoms with Crippen LogP contribution in [0.2, 0.25) is 0 Å². The van der Waals surface area contributed by atoms with E-state index in [4.69, 9.17) is 0 Å². The third-order valence-corrected chi connectivity index (χ3v) is 7.33.